The molecule has 2 rings (SSSR count). The van der Waals surface area contributed by atoms with Crippen molar-refractivity contribution in [2.24, 2.45) is 0 Å². The highest BCUT2D eigenvalue weighted by Gasteiger charge is 2.31. The van der Waals surface area contributed by atoms with Gasteiger partial charge in [0.1, 0.15) is 5.75 Å². The standard InChI is InChI=1S/C12H10ClNO3S/c1-14-11(15)10(18-12(14)16)6-7-5-8(13)3-4-9(7)17-2/h3-6H,1-2H3. The highest BCUT2D eigenvalue weighted by Crippen LogP contribution is 2.33. The summed E-state index contributed by atoms with van der Waals surface area (Å²) < 4.78 is 5.18. The molecule has 0 bridgehead atoms. The first kappa shape index (κ1) is 13.0. The molecular weight excluding hydrogens is 274 g/mol. The minimum absolute atomic E-state index is 0.285. The van der Waals surface area contributed by atoms with E-state index in [1.165, 1.54) is 14.2 Å². The molecular formula is C12H10ClNO3S. The minimum atomic E-state index is -0.313. The Balaban J connectivity index is 2.42. The van der Waals surface area contributed by atoms with Gasteiger partial charge in [0.25, 0.3) is 11.1 Å². The lowest BCUT2D eigenvalue weighted by atomic mass is 10.2. The van der Waals surface area contributed by atoms with Gasteiger partial charge in [0, 0.05) is 17.6 Å². The third-order valence-corrected chi connectivity index (χ3v) is 3.66. The Kier molecular flexibility index (Phi) is 3.63. The Bertz CT molecular complexity index is 556. The van der Waals surface area contributed by atoms with Crippen LogP contribution < -0.4 is 4.74 Å². The highest BCUT2D eigenvalue weighted by atomic mass is 35.5. The molecule has 1 aromatic rings. The Hall–Kier alpha value is -1.46. The summed E-state index contributed by atoms with van der Waals surface area (Å²) >= 11 is 6.80. The number of imide groups is 1. The number of hydrogen-bond acceptors (Lipinski definition) is 4. The zero-order chi connectivity index (χ0) is 13.3. The smallest absolute Gasteiger partial charge is 0.293 e. The SMILES string of the molecule is COc1ccc(Cl)cc1C=C1SC(=O)N(C)C1=O. The Morgan fingerprint density at radius 3 is 2.67 bits per heavy atom. The second-order valence-corrected chi connectivity index (χ2v) is 5.06. The van der Waals surface area contributed by atoms with Crippen LogP contribution in [0.2, 0.25) is 5.02 Å². The first-order chi connectivity index (χ1) is 8.52. The molecule has 0 unspecified atom stereocenters. The van der Waals surface area contributed by atoms with Gasteiger partial charge < -0.3 is 4.74 Å². The van der Waals surface area contributed by atoms with Crippen molar-refractivity contribution in [1.82, 2.24) is 4.90 Å². The van der Waals surface area contributed by atoms with Crippen molar-refractivity contribution in [1.29, 1.82) is 0 Å². The topological polar surface area (TPSA) is 46.6 Å². The van der Waals surface area contributed by atoms with Crippen molar-refractivity contribution in [3.63, 3.8) is 0 Å². The molecule has 2 amide bonds. The van der Waals surface area contributed by atoms with E-state index >= 15 is 0 Å². The van der Waals surface area contributed by atoms with E-state index in [1.807, 2.05) is 0 Å². The first-order valence-corrected chi connectivity index (χ1v) is 6.27. The third-order valence-electron chi connectivity index (χ3n) is 2.46. The molecule has 1 aliphatic rings. The summed E-state index contributed by atoms with van der Waals surface area (Å²) in [6.45, 7) is 0. The average Bonchev–Trinajstić information content (AvgIpc) is 2.57. The van der Waals surface area contributed by atoms with Gasteiger partial charge in [0.2, 0.25) is 0 Å². The summed E-state index contributed by atoms with van der Waals surface area (Å²) in [5, 5.41) is 0.255. The van der Waals surface area contributed by atoms with Gasteiger partial charge in [0.05, 0.1) is 12.0 Å². The van der Waals surface area contributed by atoms with Gasteiger partial charge in [-0.3, -0.25) is 14.5 Å². The van der Waals surface area contributed by atoms with Crippen molar-refractivity contribution >= 4 is 40.6 Å². The van der Waals surface area contributed by atoms with Crippen LogP contribution in [0.4, 0.5) is 4.79 Å². The molecule has 0 aromatic heterocycles. The van der Waals surface area contributed by atoms with Gasteiger partial charge in [-0.25, -0.2) is 0 Å². The number of carbonyl (C=O) groups is 2. The van der Waals surface area contributed by atoms with Crippen molar-refractivity contribution < 1.29 is 14.3 Å². The molecule has 6 heteroatoms. The van der Waals surface area contributed by atoms with Crippen LogP contribution in [0.25, 0.3) is 6.08 Å². The fourth-order valence-corrected chi connectivity index (χ4v) is 2.50. The van der Waals surface area contributed by atoms with Crippen LogP contribution in [0, 0.1) is 0 Å². The third kappa shape index (κ3) is 2.37. The fourth-order valence-electron chi connectivity index (χ4n) is 1.50. The largest absolute Gasteiger partial charge is 0.496 e. The molecule has 94 valence electrons. The number of amides is 2. The van der Waals surface area contributed by atoms with E-state index in [2.05, 4.69) is 0 Å². The number of hydrogen-bond donors (Lipinski definition) is 0. The highest BCUT2D eigenvalue weighted by molar-refractivity contribution is 8.18. The van der Waals surface area contributed by atoms with Gasteiger partial charge in [-0.15, -0.1) is 0 Å². The Labute approximate surface area is 114 Å². The Morgan fingerprint density at radius 2 is 2.11 bits per heavy atom. The van der Waals surface area contributed by atoms with E-state index in [4.69, 9.17) is 16.3 Å². The van der Waals surface area contributed by atoms with E-state index in [0.29, 0.717) is 21.2 Å². The molecule has 0 N–H and O–H groups in total. The summed E-state index contributed by atoms with van der Waals surface area (Å²) in [5.74, 6) is 0.286. The van der Waals surface area contributed by atoms with E-state index in [9.17, 15) is 9.59 Å². The number of methoxy groups -OCH3 is 1. The molecule has 0 radical (unpaired) electrons. The van der Waals surface area contributed by atoms with E-state index in [0.717, 1.165) is 16.7 Å². The predicted molar refractivity (Wildman–Crippen MR) is 71.7 cm³/mol. The maximum atomic E-state index is 11.7. The molecule has 0 spiro atoms. The summed E-state index contributed by atoms with van der Waals surface area (Å²) in [6.07, 6.45) is 1.61. The number of carbonyl (C=O) groups excluding carboxylic acids is 2. The van der Waals surface area contributed by atoms with Gasteiger partial charge in [0.15, 0.2) is 0 Å². The molecule has 0 saturated carbocycles. The molecule has 4 nitrogen and oxygen atoms in total. The number of rotatable bonds is 2. The van der Waals surface area contributed by atoms with Crippen LogP contribution in [0.3, 0.4) is 0 Å². The Morgan fingerprint density at radius 1 is 1.39 bits per heavy atom. The van der Waals surface area contributed by atoms with Crippen LogP contribution in [-0.2, 0) is 4.79 Å². The summed E-state index contributed by atoms with van der Waals surface area (Å²) in [5.41, 5.74) is 0.670. The molecule has 1 heterocycles. The van der Waals surface area contributed by atoms with E-state index in [1.54, 1.807) is 24.3 Å². The molecule has 1 fully saturated rings. The molecule has 0 atom stereocenters. The fraction of sp³-hybridized carbons (Fsp3) is 0.167. The van der Waals surface area contributed by atoms with Crippen LogP contribution >= 0.6 is 23.4 Å². The van der Waals surface area contributed by atoms with Crippen molar-refractivity contribution in [3.05, 3.63) is 33.7 Å². The van der Waals surface area contributed by atoms with Crippen molar-refractivity contribution in [2.75, 3.05) is 14.2 Å². The van der Waals surface area contributed by atoms with Gasteiger partial charge in [-0.05, 0) is 36.0 Å². The van der Waals surface area contributed by atoms with Crippen LogP contribution in [0.1, 0.15) is 5.56 Å². The second-order valence-electron chi connectivity index (χ2n) is 3.63. The van der Waals surface area contributed by atoms with Crippen LogP contribution in [-0.4, -0.2) is 30.2 Å². The van der Waals surface area contributed by atoms with Gasteiger partial charge >= 0.3 is 0 Å². The maximum Gasteiger partial charge on any atom is 0.293 e. The monoisotopic (exact) mass is 283 g/mol. The van der Waals surface area contributed by atoms with Crippen LogP contribution in [0.15, 0.2) is 23.1 Å². The van der Waals surface area contributed by atoms with E-state index in [-0.39, 0.29) is 11.1 Å². The number of likely N-dealkylation sites (N-methyl/N-ethyl adjacent to an activating group) is 1. The minimum Gasteiger partial charge on any atom is -0.496 e. The molecule has 1 saturated heterocycles. The number of nitrogens with zero attached hydrogens (tertiary/aromatic N) is 1. The number of benzene rings is 1. The first-order valence-electron chi connectivity index (χ1n) is 5.08. The lowest BCUT2D eigenvalue weighted by Gasteiger charge is -2.05. The molecule has 18 heavy (non-hydrogen) atoms. The summed E-state index contributed by atoms with van der Waals surface area (Å²) in [4.78, 5) is 24.6. The van der Waals surface area contributed by atoms with Gasteiger partial charge in [-0.1, -0.05) is 11.6 Å². The zero-order valence-corrected chi connectivity index (χ0v) is 11.3. The number of halogens is 1. The second kappa shape index (κ2) is 5.04. The molecule has 0 aliphatic carbocycles. The summed E-state index contributed by atoms with van der Waals surface area (Å²) in [6, 6.07) is 5.09. The average molecular weight is 284 g/mol. The maximum absolute atomic E-state index is 11.7. The molecule has 1 aromatic carbocycles. The van der Waals surface area contributed by atoms with E-state index < -0.39 is 0 Å². The van der Waals surface area contributed by atoms with Gasteiger partial charge in [-0.2, -0.15) is 0 Å². The normalized spacial score (nSPS) is 17.7. The summed E-state index contributed by atoms with van der Waals surface area (Å²) in [7, 11) is 2.99. The van der Waals surface area contributed by atoms with Crippen LogP contribution in [0.5, 0.6) is 5.75 Å². The number of thioether (sulfide) groups is 1. The predicted octanol–water partition coefficient (Wildman–Crippen LogP) is 3.01. The van der Waals surface area contributed by atoms with Crippen molar-refractivity contribution in [3.8, 4) is 5.75 Å². The zero-order valence-electron chi connectivity index (χ0n) is 9.77. The van der Waals surface area contributed by atoms with Crippen molar-refractivity contribution in [2.45, 2.75) is 0 Å². The lowest BCUT2D eigenvalue weighted by molar-refractivity contribution is -0.121. The quantitative estimate of drug-likeness (QED) is 0.783. The number of ether oxygens (including phenoxy) is 1. The molecule has 1 aliphatic heterocycles. The lowest BCUT2D eigenvalue weighted by Crippen LogP contribution is -2.22.